The number of carboxylic acid groups (broad SMARTS) is 2. The third-order valence-electron chi connectivity index (χ3n) is 1.09. The summed E-state index contributed by atoms with van der Waals surface area (Å²) in [6.45, 7) is 0. The van der Waals surface area contributed by atoms with Gasteiger partial charge in [-0.15, -0.1) is 0 Å². The number of aliphatic carboxylic acids is 2. The molecule has 0 saturated carbocycles. The molecule has 8 nitrogen and oxygen atoms in total. The zero-order chi connectivity index (χ0) is 19.2. The first-order valence-electron chi connectivity index (χ1n) is 3.76. The number of hydrogen-bond acceptors (Lipinski definition) is 8. The molecule has 143 valence electrons. The summed E-state index contributed by atoms with van der Waals surface area (Å²) in [7, 11) is -12.8. The molecule has 0 unspecified atom stereocenters. The topological polar surface area (TPSA) is 149 Å². The van der Waals surface area contributed by atoms with E-state index in [2.05, 4.69) is 16.0 Å². The van der Waals surface area contributed by atoms with Crippen molar-refractivity contribution in [2.75, 3.05) is 0 Å². The molecule has 0 aromatic rings. The second-order valence-corrected chi connectivity index (χ2v) is 5.26. The number of halogens is 7. The largest absolute Gasteiger partial charge is 0 e. The summed E-state index contributed by atoms with van der Waals surface area (Å²) in [5.74, 6) is -5.00. The average Bonchev–Trinajstić information content (AvgIpc) is 2.29. The van der Waals surface area contributed by atoms with Crippen molar-refractivity contribution in [3.05, 3.63) is 0 Å². The van der Waals surface area contributed by atoms with Gasteiger partial charge in [-0.1, -0.05) is 7.77 Å². The SMILES string of the molecule is O=C([O-])C(F)(F)S(=O)(=O)F.O=C([O-])C(F)(F)S(=O)(=O)F.[CH3][Cu+2].[I]. The van der Waals surface area contributed by atoms with E-state index < -0.39 is 42.9 Å². The van der Waals surface area contributed by atoms with Crippen LogP contribution in [0.4, 0.5) is 25.3 Å². The second-order valence-electron chi connectivity index (χ2n) is 2.48. The van der Waals surface area contributed by atoms with Gasteiger partial charge < -0.3 is 19.8 Å². The van der Waals surface area contributed by atoms with E-state index >= 15 is 0 Å². The van der Waals surface area contributed by atoms with Crippen LogP contribution in [0, 0.1) is 0 Å². The van der Waals surface area contributed by atoms with Crippen LogP contribution in [0.2, 0.25) is 5.82 Å². The van der Waals surface area contributed by atoms with E-state index in [9.17, 15) is 62.0 Å². The molecule has 0 bridgehead atoms. The Labute approximate surface area is 150 Å². The van der Waals surface area contributed by atoms with Gasteiger partial charge in [0.05, 0.1) is 0 Å². The molecule has 0 aromatic heterocycles. The molecule has 0 aliphatic heterocycles. The Kier molecular flexibility index (Phi) is 14.0. The van der Waals surface area contributed by atoms with E-state index in [4.69, 9.17) is 0 Å². The molecule has 0 N–H and O–H groups in total. The Bertz CT molecular complexity index is 550. The Morgan fingerprint density at radius 2 is 0.913 bits per heavy atom. The van der Waals surface area contributed by atoms with Gasteiger partial charge in [0, 0.05) is 24.0 Å². The maximum absolute atomic E-state index is 11.4. The minimum atomic E-state index is -6.40. The summed E-state index contributed by atoms with van der Waals surface area (Å²) >= 11 is 4.19. The standard InChI is InChI=1S/2C2HF3O4S.CH3.Cu.I/c2*3-2(4,1(6)7)10(5,8)9;;;/h2*(H,6,7);1H3;;/q;;;+2;/p-2. The fraction of sp³-hybridized carbons (Fsp3) is 0.600. The third kappa shape index (κ3) is 9.52. The van der Waals surface area contributed by atoms with Crippen molar-refractivity contribution in [2.24, 2.45) is 0 Å². The molecule has 0 aliphatic carbocycles. The van der Waals surface area contributed by atoms with Crippen molar-refractivity contribution < 1.29 is 78.0 Å². The maximum atomic E-state index is 11.4. The summed E-state index contributed by atoms with van der Waals surface area (Å²) in [6, 6.07) is 0. The summed E-state index contributed by atoms with van der Waals surface area (Å²) in [6.07, 6.45) is 0. The molecule has 0 fully saturated rings. The van der Waals surface area contributed by atoms with Crippen LogP contribution in [0.3, 0.4) is 0 Å². The summed E-state index contributed by atoms with van der Waals surface area (Å²) in [4.78, 5) is 18.4. The van der Waals surface area contributed by atoms with Gasteiger partial charge in [0.15, 0.2) is 0 Å². The molecule has 0 saturated heterocycles. The van der Waals surface area contributed by atoms with Gasteiger partial charge in [-0.2, -0.15) is 34.4 Å². The molecule has 23 heavy (non-hydrogen) atoms. The van der Waals surface area contributed by atoms with Crippen LogP contribution in [-0.2, 0) is 46.0 Å². The van der Waals surface area contributed by atoms with Crippen LogP contribution in [-0.4, -0.2) is 39.3 Å². The Balaban J connectivity index is -0.000000136. The summed E-state index contributed by atoms with van der Waals surface area (Å²) in [5.41, 5.74) is 0. The van der Waals surface area contributed by atoms with E-state index in [0.717, 1.165) is 0 Å². The van der Waals surface area contributed by atoms with Gasteiger partial charge in [0.25, 0.3) is 0 Å². The first-order chi connectivity index (χ1) is 9.39. The van der Waals surface area contributed by atoms with E-state index in [1.165, 1.54) is 0 Å². The molecule has 0 aromatic carbocycles. The summed E-state index contributed by atoms with van der Waals surface area (Å²) in [5, 5.41) is 7.47. The Morgan fingerprint density at radius 3 is 0.913 bits per heavy atom. The van der Waals surface area contributed by atoms with E-state index in [1.807, 2.05) is 0 Å². The quantitative estimate of drug-likeness (QED) is 0.179. The van der Waals surface area contributed by atoms with Crippen LogP contribution in [0.5, 0.6) is 0 Å². The van der Waals surface area contributed by atoms with Crippen LogP contribution in [0.25, 0.3) is 0 Å². The number of alkyl halides is 4. The molecular formula is C5H3CuF6IO8S2. The predicted molar refractivity (Wildman–Crippen MR) is 59.8 cm³/mol. The molecule has 0 rings (SSSR count). The molecule has 0 amide bonds. The number of carboxylic acids is 2. The van der Waals surface area contributed by atoms with Gasteiger partial charge in [-0.3, -0.25) is 0 Å². The molecule has 0 spiro atoms. The maximum Gasteiger partial charge on any atom is 0 e. The Hall–Kier alpha value is -0.331. The molecule has 0 aliphatic rings. The van der Waals surface area contributed by atoms with Crippen LogP contribution < -0.4 is 10.2 Å². The van der Waals surface area contributed by atoms with Crippen molar-refractivity contribution in [1.82, 2.24) is 0 Å². The molecule has 1 radical (unpaired) electrons. The second kappa shape index (κ2) is 10.5. The van der Waals surface area contributed by atoms with Gasteiger partial charge in [0.2, 0.25) is 0 Å². The zero-order valence-electron chi connectivity index (χ0n) is 10.0. The first kappa shape index (κ1) is 30.5. The number of carbonyl (C=O) groups is 2. The molecular weight excluding hydrogens is 557 g/mol. The predicted octanol–water partition coefficient (Wildman–Crippen LogP) is -1.28. The zero-order valence-corrected chi connectivity index (χ0v) is 14.8. The van der Waals surface area contributed by atoms with Crippen molar-refractivity contribution in [3.8, 4) is 0 Å². The van der Waals surface area contributed by atoms with E-state index in [0.29, 0.717) is 0 Å². The van der Waals surface area contributed by atoms with Crippen LogP contribution in [0.15, 0.2) is 0 Å². The first-order valence-corrected chi connectivity index (χ1v) is 7.47. The van der Waals surface area contributed by atoms with Crippen molar-refractivity contribution in [1.29, 1.82) is 0 Å². The van der Waals surface area contributed by atoms with E-state index in [1.54, 1.807) is 5.82 Å². The fourth-order valence-corrected chi connectivity index (χ4v) is 0.597. The van der Waals surface area contributed by atoms with Crippen LogP contribution in [0.1, 0.15) is 0 Å². The van der Waals surface area contributed by atoms with Gasteiger partial charge in [-0.25, -0.2) is 0 Å². The minimum absolute atomic E-state index is 0. The number of carbonyl (C=O) groups excluding carboxylic acids is 2. The normalized spacial score (nSPS) is 11.7. The molecule has 18 heteroatoms. The molecule has 0 atom stereocenters. The van der Waals surface area contributed by atoms with Crippen molar-refractivity contribution in [2.45, 2.75) is 16.3 Å². The molecule has 0 heterocycles. The monoisotopic (exact) mass is 559 g/mol. The van der Waals surface area contributed by atoms with Crippen LogP contribution >= 0.6 is 24.0 Å². The van der Waals surface area contributed by atoms with Crippen molar-refractivity contribution >= 4 is 56.4 Å². The third-order valence-corrected chi connectivity index (χ3v) is 2.65. The van der Waals surface area contributed by atoms with Gasteiger partial charge in [0.1, 0.15) is 11.9 Å². The van der Waals surface area contributed by atoms with Crippen molar-refractivity contribution in [3.63, 3.8) is 0 Å². The Morgan fingerprint density at radius 1 is 0.783 bits per heavy atom. The summed E-state index contributed by atoms with van der Waals surface area (Å²) < 4.78 is 105. The number of hydrogen-bond donors (Lipinski definition) is 0. The minimum Gasteiger partial charge on any atom is 0 e. The smallest absolute Gasteiger partial charge is 0 e. The van der Waals surface area contributed by atoms with E-state index in [-0.39, 0.29) is 24.0 Å². The van der Waals surface area contributed by atoms with Gasteiger partial charge in [-0.05, 0) is 0 Å². The van der Waals surface area contributed by atoms with Gasteiger partial charge >= 0.3 is 52.8 Å². The fourth-order valence-electron chi connectivity index (χ4n) is 0.199. The number of rotatable bonds is 4. The average molecular weight is 560 g/mol.